The number of benzene rings is 2. The minimum Gasteiger partial charge on any atom is -0.491 e. The van der Waals surface area contributed by atoms with Crippen molar-refractivity contribution in [2.24, 2.45) is 0 Å². The van der Waals surface area contributed by atoms with Gasteiger partial charge >= 0.3 is 0 Å². The Morgan fingerprint density at radius 3 is 2.20 bits per heavy atom. The molecule has 1 atom stereocenters. The van der Waals surface area contributed by atoms with E-state index in [1.807, 2.05) is 56.3 Å². The van der Waals surface area contributed by atoms with Crippen LogP contribution in [-0.2, 0) is 11.2 Å². The second-order valence-corrected chi connectivity index (χ2v) is 6.28. The summed E-state index contributed by atoms with van der Waals surface area (Å²) in [6.07, 6.45) is 1.47. The fourth-order valence-corrected chi connectivity index (χ4v) is 2.41. The molecule has 0 radical (unpaired) electrons. The van der Waals surface area contributed by atoms with E-state index in [4.69, 9.17) is 9.47 Å². The Morgan fingerprint density at radius 2 is 1.56 bits per heavy atom. The second kappa shape index (κ2) is 9.72. The smallest absolute Gasteiger partial charge is 0.260 e. The molecule has 2 aromatic carbocycles. The molecule has 2 rings (SSSR count). The first-order valence-electron chi connectivity index (χ1n) is 8.79. The summed E-state index contributed by atoms with van der Waals surface area (Å²) in [5, 5.41) is 2.92. The number of amides is 1. The molecule has 4 nitrogen and oxygen atoms in total. The van der Waals surface area contributed by atoms with E-state index in [0.29, 0.717) is 12.3 Å². The number of carbonyl (C=O) groups excluding carboxylic acids is 1. The van der Waals surface area contributed by atoms with Gasteiger partial charge in [-0.2, -0.15) is 0 Å². The van der Waals surface area contributed by atoms with E-state index in [0.717, 1.165) is 18.6 Å². The first-order chi connectivity index (χ1) is 12.0. The Bertz CT molecular complexity index is 638. The highest BCUT2D eigenvalue weighted by atomic mass is 16.5. The van der Waals surface area contributed by atoms with E-state index in [1.54, 1.807) is 6.92 Å². The standard InChI is InChI=1S/C21H27NO3/c1-16(2)24-20-13-11-18(12-14-20)8-7-15-22-21(23)17(3)25-19-9-5-4-6-10-19/h4-6,9-14,16-17H,7-8,15H2,1-3H3,(H,22,23)/t17-/m1/s1. The van der Waals surface area contributed by atoms with Crippen LogP contribution in [0.3, 0.4) is 0 Å². The number of hydrogen-bond donors (Lipinski definition) is 1. The number of carbonyl (C=O) groups is 1. The van der Waals surface area contributed by atoms with Crippen molar-refractivity contribution in [3.63, 3.8) is 0 Å². The van der Waals surface area contributed by atoms with Gasteiger partial charge in [0.05, 0.1) is 6.10 Å². The van der Waals surface area contributed by atoms with Crippen LogP contribution in [0.1, 0.15) is 32.8 Å². The van der Waals surface area contributed by atoms with Crippen LogP contribution in [-0.4, -0.2) is 24.7 Å². The minimum absolute atomic E-state index is 0.0930. The molecule has 2 aromatic rings. The minimum atomic E-state index is -0.505. The van der Waals surface area contributed by atoms with Crippen LogP contribution in [0.25, 0.3) is 0 Å². The highest BCUT2D eigenvalue weighted by Crippen LogP contribution is 2.15. The highest BCUT2D eigenvalue weighted by Gasteiger charge is 2.13. The summed E-state index contributed by atoms with van der Waals surface area (Å²) < 4.78 is 11.2. The maximum absolute atomic E-state index is 12.1. The van der Waals surface area contributed by atoms with E-state index in [1.165, 1.54) is 5.56 Å². The number of aryl methyl sites for hydroxylation is 1. The van der Waals surface area contributed by atoms with Gasteiger partial charge in [0.15, 0.2) is 6.10 Å². The van der Waals surface area contributed by atoms with Crippen molar-refractivity contribution in [2.75, 3.05) is 6.54 Å². The largest absolute Gasteiger partial charge is 0.491 e. The number of nitrogens with one attached hydrogen (secondary N) is 1. The van der Waals surface area contributed by atoms with Gasteiger partial charge in [0.2, 0.25) is 0 Å². The van der Waals surface area contributed by atoms with Crippen LogP contribution in [0.5, 0.6) is 11.5 Å². The van der Waals surface area contributed by atoms with Gasteiger partial charge in [-0.3, -0.25) is 4.79 Å². The summed E-state index contributed by atoms with van der Waals surface area (Å²) in [7, 11) is 0. The van der Waals surface area contributed by atoms with E-state index in [2.05, 4.69) is 17.4 Å². The summed E-state index contributed by atoms with van der Waals surface area (Å²) in [5.41, 5.74) is 1.24. The summed E-state index contributed by atoms with van der Waals surface area (Å²) >= 11 is 0. The first-order valence-corrected chi connectivity index (χ1v) is 8.79. The fourth-order valence-electron chi connectivity index (χ4n) is 2.41. The molecule has 0 aliphatic carbocycles. The summed E-state index contributed by atoms with van der Waals surface area (Å²) in [5.74, 6) is 1.50. The van der Waals surface area contributed by atoms with Crippen molar-refractivity contribution in [3.8, 4) is 11.5 Å². The molecule has 0 aromatic heterocycles. The van der Waals surface area contributed by atoms with Crippen molar-refractivity contribution in [1.82, 2.24) is 5.32 Å². The molecule has 1 amide bonds. The van der Waals surface area contributed by atoms with Gasteiger partial charge < -0.3 is 14.8 Å². The molecule has 0 aliphatic heterocycles. The lowest BCUT2D eigenvalue weighted by atomic mass is 10.1. The summed E-state index contributed by atoms with van der Waals surface area (Å²) in [4.78, 5) is 12.1. The molecule has 0 heterocycles. The third-order valence-corrected chi connectivity index (χ3v) is 3.66. The second-order valence-electron chi connectivity index (χ2n) is 6.28. The maximum atomic E-state index is 12.1. The monoisotopic (exact) mass is 341 g/mol. The SMILES string of the molecule is CC(C)Oc1ccc(CCCNC(=O)[C@@H](C)Oc2ccccc2)cc1. The molecule has 0 unspecified atom stereocenters. The van der Waals surface area contributed by atoms with Crippen molar-refractivity contribution >= 4 is 5.91 Å². The van der Waals surface area contributed by atoms with Crippen molar-refractivity contribution in [3.05, 3.63) is 60.2 Å². The lowest BCUT2D eigenvalue weighted by Crippen LogP contribution is -2.36. The quantitative estimate of drug-likeness (QED) is 0.702. The topological polar surface area (TPSA) is 47.6 Å². The van der Waals surface area contributed by atoms with E-state index in [-0.39, 0.29) is 12.0 Å². The molecule has 4 heteroatoms. The number of para-hydroxylation sites is 1. The average Bonchev–Trinajstić information content (AvgIpc) is 2.60. The van der Waals surface area contributed by atoms with Gasteiger partial charge in [0.1, 0.15) is 11.5 Å². The van der Waals surface area contributed by atoms with Gasteiger partial charge in [0.25, 0.3) is 5.91 Å². The highest BCUT2D eigenvalue weighted by molar-refractivity contribution is 5.80. The predicted molar refractivity (Wildman–Crippen MR) is 100 cm³/mol. The molecule has 0 spiro atoms. The lowest BCUT2D eigenvalue weighted by Gasteiger charge is -2.14. The Hall–Kier alpha value is -2.49. The van der Waals surface area contributed by atoms with Crippen molar-refractivity contribution in [1.29, 1.82) is 0 Å². The van der Waals surface area contributed by atoms with Crippen LogP contribution >= 0.6 is 0 Å². The van der Waals surface area contributed by atoms with Gasteiger partial charge in [-0.1, -0.05) is 30.3 Å². The Morgan fingerprint density at radius 1 is 0.920 bits per heavy atom. The molecule has 0 saturated heterocycles. The van der Waals surface area contributed by atoms with Gasteiger partial charge in [-0.05, 0) is 63.4 Å². The molecule has 0 bridgehead atoms. The van der Waals surface area contributed by atoms with Crippen LogP contribution in [0, 0.1) is 0 Å². The molecule has 0 saturated carbocycles. The number of rotatable bonds is 9. The third-order valence-electron chi connectivity index (χ3n) is 3.66. The Balaban J connectivity index is 1.67. The van der Waals surface area contributed by atoms with Gasteiger partial charge in [0, 0.05) is 6.54 Å². The molecular formula is C21H27NO3. The molecular weight excluding hydrogens is 314 g/mol. The normalized spacial score (nSPS) is 11.8. The van der Waals surface area contributed by atoms with Crippen LogP contribution in [0.4, 0.5) is 0 Å². The number of ether oxygens (including phenoxy) is 2. The summed E-state index contributed by atoms with van der Waals surface area (Å²) in [6, 6.07) is 17.5. The predicted octanol–water partition coefficient (Wildman–Crippen LogP) is 3.99. The lowest BCUT2D eigenvalue weighted by molar-refractivity contribution is -0.127. The summed E-state index contributed by atoms with van der Waals surface area (Å²) in [6.45, 7) is 6.42. The fraction of sp³-hybridized carbons (Fsp3) is 0.381. The zero-order valence-electron chi connectivity index (χ0n) is 15.2. The molecule has 0 aliphatic rings. The Kier molecular flexibility index (Phi) is 7.33. The third kappa shape index (κ3) is 6.87. The molecule has 25 heavy (non-hydrogen) atoms. The van der Waals surface area contributed by atoms with Gasteiger partial charge in [-0.25, -0.2) is 0 Å². The Labute approximate surface area is 150 Å². The van der Waals surface area contributed by atoms with Crippen LogP contribution < -0.4 is 14.8 Å². The zero-order valence-corrected chi connectivity index (χ0v) is 15.2. The van der Waals surface area contributed by atoms with E-state index in [9.17, 15) is 4.79 Å². The van der Waals surface area contributed by atoms with Gasteiger partial charge in [-0.15, -0.1) is 0 Å². The molecule has 1 N–H and O–H groups in total. The maximum Gasteiger partial charge on any atom is 0.260 e. The molecule has 0 fully saturated rings. The van der Waals surface area contributed by atoms with E-state index >= 15 is 0 Å². The zero-order chi connectivity index (χ0) is 18.1. The average molecular weight is 341 g/mol. The van der Waals surface area contributed by atoms with E-state index < -0.39 is 6.10 Å². The first kappa shape index (κ1) is 18.8. The van der Waals surface area contributed by atoms with Crippen LogP contribution in [0.15, 0.2) is 54.6 Å². The number of hydrogen-bond acceptors (Lipinski definition) is 3. The van der Waals surface area contributed by atoms with Crippen LogP contribution in [0.2, 0.25) is 0 Å². The molecule has 134 valence electrons. The van der Waals surface area contributed by atoms with Crippen molar-refractivity contribution < 1.29 is 14.3 Å². The van der Waals surface area contributed by atoms with Crippen molar-refractivity contribution in [2.45, 2.75) is 45.8 Å².